The SMILES string of the molecule is CCNC(Cc1ccnc2ccccc12)C1(C)CCCO1. The third-order valence-electron chi connectivity index (χ3n) is 4.60. The van der Waals surface area contributed by atoms with E-state index < -0.39 is 0 Å². The third-order valence-corrected chi connectivity index (χ3v) is 4.60. The molecule has 1 N–H and O–H groups in total. The van der Waals surface area contributed by atoms with Crippen LogP contribution in [0.25, 0.3) is 10.9 Å². The van der Waals surface area contributed by atoms with Crippen molar-refractivity contribution in [3.8, 4) is 0 Å². The fourth-order valence-electron chi connectivity index (χ4n) is 3.38. The monoisotopic (exact) mass is 284 g/mol. The molecule has 2 atom stereocenters. The van der Waals surface area contributed by atoms with E-state index >= 15 is 0 Å². The van der Waals surface area contributed by atoms with Crippen molar-refractivity contribution >= 4 is 10.9 Å². The first-order valence-electron chi connectivity index (χ1n) is 7.93. The van der Waals surface area contributed by atoms with Crippen LogP contribution >= 0.6 is 0 Å². The number of fused-ring (bicyclic) bond motifs is 1. The van der Waals surface area contributed by atoms with Crippen LogP contribution in [0.4, 0.5) is 0 Å². The Kier molecular flexibility index (Phi) is 4.22. The minimum Gasteiger partial charge on any atom is -0.374 e. The van der Waals surface area contributed by atoms with Crippen LogP contribution in [0.1, 0.15) is 32.3 Å². The van der Waals surface area contributed by atoms with E-state index in [9.17, 15) is 0 Å². The van der Waals surface area contributed by atoms with E-state index in [2.05, 4.69) is 48.4 Å². The summed E-state index contributed by atoms with van der Waals surface area (Å²) in [6.07, 6.45) is 5.19. The van der Waals surface area contributed by atoms with E-state index in [4.69, 9.17) is 4.74 Å². The van der Waals surface area contributed by atoms with Crippen molar-refractivity contribution in [1.82, 2.24) is 10.3 Å². The van der Waals surface area contributed by atoms with Gasteiger partial charge in [-0.3, -0.25) is 4.98 Å². The molecule has 21 heavy (non-hydrogen) atoms. The molecule has 0 radical (unpaired) electrons. The minimum atomic E-state index is -0.0552. The lowest BCUT2D eigenvalue weighted by atomic mass is 9.87. The summed E-state index contributed by atoms with van der Waals surface area (Å²) in [5.41, 5.74) is 2.37. The Morgan fingerprint density at radius 1 is 1.33 bits per heavy atom. The van der Waals surface area contributed by atoms with E-state index in [1.165, 1.54) is 10.9 Å². The Balaban J connectivity index is 1.91. The van der Waals surface area contributed by atoms with Crippen LogP contribution in [0.3, 0.4) is 0 Å². The van der Waals surface area contributed by atoms with Gasteiger partial charge in [-0.25, -0.2) is 0 Å². The van der Waals surface area contributed by atoms with Crippen LogP contribution in [0, 0.1) is 0 Å². The first kappa shape index (κ1) is 14.5. The number of likely N-dealkylation sites (N-methyl/N-ethyl adjacent to an activating group) is 1. The highest BCUT2D eigenvalue weighted by Crippen LogP contribution is 2.31. The van der Waals surface area contributed by atoms with Crippen molar-refractivity contribution in [2.24, 2.45) is 0 Å². The molecule has 1 saturated heterocycles. The Hall–Kier alpha value is -1.45. The molecule has 2 heterocycles. The predicted octanol–water partition coefficient (Wildman–Crippen LogP) is 3.32. The minimum absolute atomic E-state index is 0.0552. The van der Waals surface area contributed by atoms with E-state index in [-0.39, 0.29) is 5.60 Å². The highest BCUT2D eigenvalue weighted by atomic mass is 16.5. The van der Waals surface area contributed by atoms with Gasteiger partial charge in [0.15, 0.2) is 0 Å². The number of nitrogens with zero attached hydrogens (tertiary/aromatic N) is 1. The van der Waals surface area contributed by atoms with Crippen molar-refractivity contribution < 1.29 is 4.74 Å². The number of hydrogen-bond acceptors (Lipinski definition) is 3. The van der Waals surface area contributed by atoms with Crippen molar-refractivity contribution in [2.45, 2.75) is 44.8 Å². The summed E-state index contributed by atoms with van der Waals surface area (Å²) in [6, 6.07) is 10.9. The van der Waals surface area contributed by atoms with Crippen molar-refractivity contribution in [1.29, 1.82) is 0 Å². The summed E-state index contributed by atoms with van der Waals surface area (Å²) >= 11 is 0. The van der Waals surface area contributed by atoms with Crippen molar-refractivity contribution in [2.75, 3.05) is 13.2 Å². The summed E-state index contributed by atoms with van der Waals surface area (Å²) in [5.74, 6) is 0. The average molecular weight is 284 g/mol. The maximum Gasteiger partial charge on any atom is 0.0810 e. The molecule has 0 saturated carbocycles. The van der Waals surface area contributed by atoms with Crippen LogP contribution in [0.15, 0.2) is 36.5 Å². The number of pyridine rings is 1. The molecule has 1 aromatic carbocycles. The molecular weight excluding hydrogens is 260 g/mol. The standard InChI is InChI=1S/C18H24N2O/c1-3-19-17(18(2)10-6-12-21-18)13-14-9-11-20-16-8-5-4-7-15(14)16/h4-5,7-9,11,17,19H,3,6,10,12-13H2,1-2H3. The number of hydrogen-bond donors (Lipinski definition) is 1. The Morgan fingerprint density at radius 3 is 2.95 bits per heavy atom. The second-order valence-corrected chi connectivity index (χ2v) is 6.07. The lowest BCUT2D eigenvalue weighted by Gasteiger charge is -2.34. The maximum absolute atomic E-state index is 6.06. The third kappa shape index (κ3) is 2.94. The summed E-state index contributed by atoms with van der Waals surface area (Å²) < 4.78 is 6.06. The zero-order valence-electron chi connectivity index (χ0n) is 12.9. The number of para-hydroxylation sites is 1. The number of aromatic nitrogens is 1. The van der Waals surface area contributed by atoms with Gasteiger partial charge in [-0.2, -0.15) is 0 Å². The zero-order valence-corrected chi connectivity index (χ0v) is 12.9. The van der Waals surface area contributed by atoms with Crippen LogP contribution in [-0.2, 0) is 11.2 Å². The van der Waals surface area contributed by atoms with E-state index in [1.54, 1.807) is 0 Å². The van der Waals surface area contributed by atoms with Gasteiger partial charge in [-0.05, 0) is 50.4 Å². The maximum atomic E-state index is 6.06. The number of rotatable bonds is 5. The summed E-state index contributed by atoms with van der Waals surface area (Å²) in [6.45, 7) is 6.26. The molecule has 0 bridgehead atoms. The van der Waals surface area contributed by atoms with Crippen molar-refractivity contribution in [3.05, 3.63) is 42.1 Å². The van der Waals surface area contributed by atoms with Gasteiger partial charge in [0.1, 0.15) is 0 Å². The second kappa shape index (κ2) is 6.12. The fraction of sp³-hybridized carbons (Fsp3) is 0.500. The Labute approximate surface area is 126 Å². The van der Waals surface area contributed by atoms with Gasteiger partial charge in [0.25, 0.3) is 0 Å². The van der Waals surface area contributed by atoms with Crippen molar-refractivity contribution in [3.63, 3.8) is 0 Å². The molecule has 3 rings (SSSR count). The molecule has 2 unspecified atom stereocenters. The smallest absolute Gasteiger partial charge is 0.0810 e. The molecule has 1 aliphatic rings. The fourth-order valence-corrected chi connectivity index (χ4v) is 3.38. The van der Waals surface area contributed by atoms with Gasteiger partial charge in [-0.15, -0.1) is 0 Å². The first-order chi connectivity index (χ1) is 10.2. The molecule has 0 amide bonds. The van der Waals surface area contributed by atoms with Crippen LogP contribution in [0.2, 0.25) is 0 Å². The van der Waals surface area contributed by atoms with Crippen LogP contribution < -0.4 is 5.32 Å². The molecular formula is C18H24N2O. The van der Waals surface area contributed by atoms with Gasteiger partial charge in [0.2, 0.25) is 0 Å². The van der Waals surface area contributed by atoms with Gasteiger partial charge in [-0.1, -0.05) is 25.1 Å². The average Bonchev–Trinajstić information content (AvgIpc) is 2.95. The number of benzene rings is 1. The number of nitrogens with one attached hydrogen (secondary N) is 1. The van der Waals surface area contributed by atoms with Gasteiger partial charge < -0.3 is 10.1 Å². The summed E-state index contributed by atoms with van der Waals surface area (Å²) in [4.78, 5) is 4.46. The van der Waals surface area contributed by atoms with E-state index in [0.717, 1.165) is 37.9 Å². The quantitative estimate of drug-likeness (QED) is 0.914. The second-order valence-electron chi connectivity index (χ2n) is 6.07. The summed E-state index contributed by atoms with van der Waals surface area (Å²) in [5, 5.41) is 4.89. The zero-order chi connectivity index (χ0) is 14.7. The largest absolute Gasteiger partial charge is 0.374 e. The molecule has 3 nitrogen and oxygen atoms in total. The van der Waals surface area contributed by atoms with Gasteiger partial charge in [0, 0.05) is 24.2 Å². The highest BCUT2D eigenvalue weighted by molar-refractivity contribution is 5.81. The Bertz CT molecular complexity index is 600. The molecule has 112 valence electrons. The molecule has 1 aromatic heterocycles. The molecule has 1 fully saturated rings. The van der Waals surface area contributed by atoms with E-state index in [1.807, 2.05) is 12.3 Å². The number of ether oxygens (including phenoxy) is 1. The predicted molar refractivity (Wildman–Crippen MR) is 86.5 cm³/mol. The van der Waals surface area contributed by atoms with Crippen LogP contribution in [-0.4, -0.2) is 29.8 Å². The lowest BCUT2D eigenvalue weighted by Crippen LogP contribution is -2.49. The normalized spacial score (nSPS) is 23.5. The Morgan fingerprint density at radius 2 is 2.19 bits per heavy atom. The van der Waals surface area contributed by atoms with Gasteiger partial charge in [0.05, 0.1) is 11.1 Å². The molecule has 1 aliphatic heterocycles. The molecule has 3 heteroatoms. The first-order valence-corrected chi connectivity index (χ1v) is 7.93. The van der Waals surface area contributed by atoms with E-state index in [0.29, 0.717) is 6.04 Å². The molecule has 0 aliphatic carbocycles. The van der Waals surface area contributed by atoms with Crippen LogP contribution in [0.5, 0.6) is 0 Å². The lowest BCUT2D eigenvalue weighted by molar-refractivity contribution is -0.0109. The summed E-state index contributed by atoms with van der Waals surface area (Å²) in [7, 11) is 0. The van der Waals surface area contributed by atoms with Gasteiger partial charge >= 0.3 is 0 Å². The highest BCUT2D eigenvalue weighted by Gasteiger charge is 2.38. The molecule has 0 spiro atoms. The molecule has 2 aromatic rings. The topological polar surface area (TPSA) is 34.2 Å².